The van der Waals surface area contributed by atoms with Crippen LogP contribution in [0.2, 0.25) is 5.02 Å². The molecular weight excluding hydrogens is 744 g/mol. The third-order valence-electron chi connectivity index (χ3n) is 10.2. The molecule has 56 heavy (non-hydrogen) atoms. The molecule has 0 saturated heterocycles. The van der Waals surface area contributed by atoms with E-state index in [0.29, 0.717) is 29.0 Å². The van der Waals surface area contributed by atoms with Gasteiger partial charge in [0.15, 0.2) is 0 Å². The molecule has 3 aromatic rings. The van der Waals surface area contributed by atoms with Crippen molar-refractivity contribution in [3.8, 4) is 5.75 Å². The standard InChI is InChI=1S/C46H67ClN2O6S/c1-11-12-13-14-15-16-17-18-19-20-21-22-26-55-44(52)33-24-23-25-35(27-33)48-43(51)37-28-34(45(5,6)7)29-38(46(8,9)10)42(37)56(53,54)49-39-30-36(31(2)3)41(50)40(47)32(39)4/h23-25,27-31,49-50H,11-22,26H2,1-10H3,(H,48,51). The summed E-state index contributed by atoms with van der Waals surface area (Å²) >= 11 is 6.49. The largest absolute Gasteiger partial charge is 0.506 e. The number of rotatable bonds is 20. The SMILES string of the molecule is CCCCCCCCCCCCCCOC(=O)c1cccc(NC(=O)c2cc(C(C)(C)C)cc(C(C)(C)C)c2S(=O)(=O)Nc2cc(C(C)C)c(O)c(Cl)c2C)c1. The summed E-state index contributed by atoms with van der Waals surface area (Å²) in [5.41, 5.74) is 1.76. The predicted octanol–water partition coefficient (Wildman–Crippen LogP) is 13.0. The third-order valence-corrected chi connectivity index (χ3v) is 12.2. The number of benzene rings is 3. The van der Waals surface area contributed by atoms with Crippen LogP contribution < -0.4 is 10.0 Å². The summed E-state index contributed by atoms with van der Waals surface area (Å²) in [5, 5.41) is 13.6. The number of hydrogen-bond acceptors (Lipinski definition) is 6. The zero-order chi connectivity index (χ0) is 41.8. The van der Waals surface area contributed by atoms with Gasteiger partial charge < -0.3 is 15.2 Å². The van der Waals surface area contributed by atoms with Gasteiger partial charge in [-0.15, -0.1) is 0 Å². The van der Waals surface area contributed by atoms with E-state index in [-0.39, 0.29) is 38.4 Å². The zero-order valence-corrected chi connectivity index (χ0v) is 37.2. The molecule has 0 aliphatic rings. The Hall–Kier alpha value is -3.56. The van der Waals surface area contributed by atoms with Crippen molar-refractivity contribution in [2.24, 2.45) is 0 Å². The van der Waals surface area contributed by atoms with Gasteiger partial charge in [-0.05, 0) is 77.1 Å². The lowest BCUT2D eigenvalue weighted by molar-refractivity contribution is 0.0497. The Morgan fingerprint density at radius 3 is 1.93 bits per heavy atom. The van der Waals surface area contributed by atoms with Gasteiger partial charge >= 0.3 is 5.97 Å². The van der Waals surface area contributed by atoms with Crippen molar-refractivity contribution in [2.75, 3.05) is 16.6 Å². The lowest BCUT2D eigenvalue weighted by Gasteiger charge is -2.29. The van der Waals surface area contributed by atoms with Crippen LogP contribution >= 0.6 is 11.6 Å². The lowest BCUT2D eigenvalue weighted by Crippen LogP contribution is -2.28. The fourth-order valence-electron chi connectivity index (χ4n) is 6.69. The van der Waals surface area contributed by atoms with Gasteiger partial charge in [0.05, 0.1) is 28.4 Å². The molecule has 3 rings (SSSR count). The molecule has 8 nitrogen and oxygen atoms in total. The van der Waals surface area contributed by atoms with Gasteiger partial charge in [-0.3, -0.25) is 9.52 Å². The van der Waals surface area contributed by atoms with Crippen LogP contribution in [0, 0.1) is 6.92 Å². The summed E-state index contributed by atoms with van der Waals surface area (Å²) in [6, 6.07) is 11.6. The number of phenolic OH excluding ortho intramolecular Hbond substituents is 1. The van der Waals surface area contributed by atoms with Crippen LogP contribution in [-0.2, 0) is 25.6 Å². The molecule has 10 heteroatoms. The second-order valence-corrected chi connectivity index (χ2v) is 19.5. The summed E-state index contributed by atoms with van der Waals surface area (Å²) < 4.78 is 37.5. The molecular formula is C46H67ClN2O6S. The number of halogens is 1. The van der Waals surface area contributed by atoms with Crippen molar-refractivity contribution in [3.63, 3.8) is 0 Å². The highest BCUT2D eigenvalue weighted by atomic mass is 35.5. The minimum atomic E-state index is -4.43. The van der Waals surface area contributed by atoms with E-state index in [1.54, 1.807) is 43.3 Å². The predicted molar refractivity (Wildman–Crippen MR) is 232 cm³/mol. The number of anilines is 2. The Morgan fingerprint density at radius 2 is 1.39 bits per heavy atom. The topological polar surface area (TPSA) is 122 Å². The van der Waals surface area contributed by atoms with E-state index in [1.165, 1.54) is 57.8 Å². The average molecular weight is 812 g/mol. The summed E-state index contributed by atoms with van der Waals surface area (Å²) in [6.07, 6.45) is 14.6. The first-order valence-corrected chi connectivity index (χ1v) is 22.4. The van der Waals surface area contributed by atoms with Gasteiger partial charge in [0.25, 0.3) is 15.9 Å². The Bertz CT molecular complexity index is 1910. The van der Waals surface area contributed by atoms with Crippen LogP contribution in [0.5, 0.6) is 5.75 Å². The van der Waals surface area contributed by atoms with E-state index in [1.807, 2.05) is 61.5 Å². The number of aromatic hydroxyl groups is 1. The molecule has 1 amide bonds. The van der Waals surface area contributed by atoms with Gasteiger partial charge in [0, 0.05) is 11.3 Å². The maximum absolute atomic E-state index is 14.6. The van der Waals surface area contributed by atoms with E-state index in [4.69, 9.17) is 16.3 Å². The number of hydrogen-bond donors (Lipinski definition) is 3. The maximum Gasteiger partial charge on any atom is 0.338 e. The van der Waals surface area contributed by atoms with Crippen molar-refractivity contribution in [3.05, 3.63) is 80.9 Å². The van der Waals surface area contributed by atoms with Gasteiger partial charge in [-0.2, -0.15) is 0 Å². The minimum Gasteiger partial charge on any atom is -0.506 e. The van der Waals surface area contributed by atoms with E-state index >= 15 is 0 Å². The second-order valence-electron chi connectivity index (χ2n) is 17.5. The molecule has 0 bridgehead atoms. The zero-order valence-electron chi connectivity index (χ0n) is 35.6. The van der Waals surface area contributed by atoms with Crippen molar-refractivity contribution in [1.82, 2.24) is 0 Å². The van der Waals surface area contributed by atoms with Crippen molar-refractivity contribution >= 4 is 44.9 Å². The fraction of sp³-hybridized carbons (Fsp3) is 0.565. The first-order valence-electron chi connectivity index (χ1n) is 20.5. The summed E-state index contributed by atoms with van der Waals surface area (Å²) in [5.74, 6) is -1.36. The van der Waals surface area contributed by atoms with E-state index in [9.17, 15) is 23.1 Å². The van der Waals surface area contributed by atoms with Crippen LogP contribution in [0.3, 0.4) is 0 Å². The number of amides is 1. The van der Waals surface area contributed by atoms with Gasteiger partial charge in [-0.25, -0.2) is 13.2 Å². The highest BCUT2D eigenvalue weighted by molar-refractivity contribution is 7.92. The van der Waals surface area contributed by atoms with Crippen LogP contribution in [0.15, 0.2) is 47.4 Å². The molecule has 310 valence electrons. The van der Waals surface area contributed by atoms with Crippen LogP contribution in [0.4, 0.5) is 11.4 Å². The number of unbranched alkanes of at least 4 members (excludes halogenated alkanes) is 11. The van der Waals surface area contributed by atoms with Crippen molar-refractivity contribution in [2.45, 2.75) is 168 Å². The normalized spacial score (nSPS) is 12.2. The first-order chi connectivity index (χ1) is 26.2. The maximum atomic E-state index is 14.6. The molecule has 0 atom stereocenters. The van der Waals surface area contributed by atoms with Crippen molar-refractivity contribution < 1.29 is 27.9 Å². The number of ether oxygens (including phenoxy) is 1. The molecule has 3 aromatic carbocycles. The highest BCUT2D eigenvalue weighted by Crippen LogP contribution is 2.42. The van der Waals surface area contributed by atoms with Gasteiger partial charge in [0.1, 0.15) is 10.6 Å². The fourth-order valence-corrected chi connectivity index (χ4v) is 8.60. The molecule has 0 saturated carbocycles. The number of nitrogens with one attached hydrogen (secondary N) is 2. The average Bonchev–Trinajstić information content (AvgIpc) is 3.12. The highest BCUT2D eigenvalue weighted by Gasteiger charge is 2.34. The quantitative estimate of drug-likeness (QED) is 0.0593. The number of carbonyl (C=O) groups is 2. The van der Waals surface area contributed by atoms with Crippen LogP contribution in [-0.4, -0.2) is 32.0 Å². The lowest BCUT2D eigenvalue weighted by atomic mass is 9.79. The number of carbonyl (C=O) groups excluding carboxylic acids is 2. The molecule has 0 radical (unpaired) electrons. The molecule has 0 spiro atoms. The van der Waals surface area contributed by atoms with Crippen molar-refractivity contribution in [1.29, 1.82) is 0 Å². The molecule has 0 unspecified atom stereocenters. The van der Waals surface area contributed by atoms with E-state index < -0.39 is 32.7 Å². The molecule has 3 N–H and O–H groups in total. The van der Waals surface area contributed by atoms with E-state index in [2.05, 4.69) is 17.0 Å². The van der Waals surface area contributed by atoms with E-state index in [0.717, 1.165) is 24.8 Å². The van der Waals surface area contributed by atoms with Crippen LogP contribution in [0.25, 0.3) is 0 Å². The minimum absolute atomic E-state index is 0.0404. The monoisotopic (exact) mass is 810 g/mol. The number of esters is 1. The Balaban J connectivity index is 1.83. The second kappa shape index (κ2) is 20.7. The van der Waals surface area contributed by atoms with Gasteiger partial charge in [-0.1, -0.05) is 157 Å². The Labute approximate surface area is 342 Å². The third kappa shape index (κ3) is 13.3. The Kier molecular flexibility index (Phi) is 17.3. The smallest absolute Gasteiger partial charge is 0.338 e. The molecule has 0 aliphatic heterocycles. The molecule has 0 heterocycles. The molecule has 0 fully saturated rings. The Morgan fingerprint density at radius 1 is 0.821 bits per heavy atom. The summed E-state index contributed by atoms with van der Waals surface area (Å²) in [4.78, 5) is 27.2. The van der Waals surface area contributed by atoms with Crippen LogP contribution in [0.1, 0.15) is 188 Å². The van der Waals surface area contributed by atoms with Gasteiger partial charge in [0.2, 0.25) is 0 Å². The molecule has 0 aromatic heterocycles. The first kappa shape index (κ1) is 46.8. The molecule has 0 aliphatic carbocycles. The number of phenols is 1. The number of sulfonamides is 1. The summed E-state index contributed by atoms with van der Waals surface area (Å²) in [7, 11) is -4.43. The summed E-state index contributed by atoms with van der Waals surface area (Å²) in [6.45, 7) is 19.7.